The summed E-state index contributed by atoms with van der Waals surface area (Å²) in [7, 11) is 0. The first-order valence-corrected chi connectivity index (χ1v) is 3.16. The largest absolute Gasteiger partial charge is 0.487 e. The molecule has 9 heavy (non-hydrogen) atoms. The Kier molecular flexibility index (Phi) is 0.935. The molecule has 1 aromatic carbocycles. The number of benzene rings is 1. The normalized spacial score (nSPS) is 13.4. The number of rotatable bonds is 0. The predicted octanol–water partition coefficient (Wildman–Crippen LogP) is 2.23. The second kappa shape index (κ2) is 1.64. The Balaban J connectivity index is 2.71. The van der Waals surface area contributed by atoms with Crippen molar-refractivity contribution >= 4 is 11.6 Å². The Morgan fingerprint density at radius 2 is 2.33 bits per heavy atom. The zero-order valence-electron chi connectivity index (χ0n) is 4.73. The maximum absolute atomic E-state index is 5.82. The van der Waals surface area contributed by atoms with E-state index in [9.17, 15) is 0 Å². The molecular weight excluding hydrogens is 136 g/mol. The van der Waals surface area contributed by atoms with Crippen LogP contribution in [-0.2, 0) is 6.61 Å². The van der Waals surface area contributed by atoms with E-state index in [1.807, 2.05) is 18.2 Å². The molecule has 0 saturated carbocycles. The van der Waals surface area contributed by atoms with Gasteiger partial charge in [-0.15, -0.1) is 0 Å². The molecule has 0 radical (unpaired) electrons. The molecule has 0 aliphatic carbocycles. The first-order chi connectivity index (χ1) is 4.38. The summed E-state index contributed by atoms with van der Waals surface area (Å²) in [4.78, 5) is 0. The standard InChI is InChI=1S/C7H5ClO/c8-7-5-2-1-3-6(7)9-4-5/h1-3H,4H2. The molecule has 2 heteroatoms. The van der Waals surface area contributed by atoms with Crippen molar-refractivity contribution in [3.63, 3.8) is 0 Å². The lowest BCUT2D eigenvalue weighted by Gasteiger charge is -1.90. The summed E-state index contributed by atoms with van der Waals surface area (Å²) in [6.07, 6.45) is 0. The molecule has 0 N–H and O–H groups in total. The molecule has 2 rings (SSSR count). The molecule has 0 aromatic heterocycles. The lowest BCUT2D eigenvalue weighted by molar-refractivity contribution is 0.328. The zero-order valence-corrected chi connectivity index (χ0v) is 5.48. The molecule has 1 aliphatic heterocycles. The van der Waals surface area contributed by atoms with Crippen molar-refractivity contribution in [2.24, 2.45) is 0 Å². The molecule has 0 unspecified atom stereocenters. The Bertz CT molecular complexity index is 222. The van der Waals surface area contributed by atoms with Gasteiger partial charge in [0.15, 0.2) is 0 Å². The molecule has 1 aliphatic rings. The minimum Gasteiger partial charge on any atom is -0.487 e. The minimum absolute atomic E-state index is 0.640. The Hall–Kier alpha value is -0.690. The maximum Gasteiger partial charge on any atom is 0.138 e. The van der Waals surface area contributed by atoms with Crippen molar-refractivity contribution in [3.8, 4) is 5.75 Å². The predicted molar refractivity (Wildman–Crippen MR) is 35.8 cm³/mol. The van der Waals surface area contributed by atoms with Gasteiger partial charge in [0.2, 0.25) is 0 Å². The average Bonchev–Trinajstić information content (AvgIpc) is 2.19. The van der Waals surface area contributed by atoms with Crippen LogP contribution in [0.2, 0.25) is 5.02 Å². The minimum atomic E-state index is 0.640. The summed E-state index contributed by atoms with van der Waals surface area (Å²) in [6, 6.07) is 5.79. The van der Waals surface area contributed by atoms with Gasteiger partial charge in [0.1, 0.15) is 12.4 Å². The van der Waals surface area contributed by atoms with Crippen LogP contribution in [0.3, 0.4) is 0 Å². The van der Waals surface area contributed by atoms with E-state index in [2.05, 4.69) is 0 Å². The monoisotopic (exact) mass is 140 g/mol. The van der Waals surface area contributed by atoms with Crippen molar-refractivity contribution in [3.05, 3.63) is 28.8 Å². The average molecular weight is 141 g/mol. The second-order valence-corrected chi connectivity index (χ2v) is 2.40. The van der Waals surface area contributed by atoms with Crippen LogP contribution >= 0.6 is 11.6 Å². The summed E-state index contributed by atoms with van der Waals surface area (Å²) in [5.41, 5.74) is 1.09. The molecule has 46 valence electrons. The summed E-state index contributed by atoms with van der Waals surface area (Å²) in [6.45, 7) is 0.640. The summed E-state index contributed by atoms with van der Waals surface area (Å²) >= 11 is 5.82. The fourth-order valence-electron chi connectivity index (χ4n) is 0.935. The van der Waals surface area contributed by atoms with E-state index in [-0.39, 0.29) is 0 Å². The second-order valence-electron chi connectivity index (χ2n) is 2.02. The topological polar surface area (TPSA) is 9.23 Å². The molecular formula is C7H5ClO. The van der Waals surface area contributed by atoms with Crippen LogP contribution in [0.15, 0.2) is 18.2 Å². The third-order valence-electron chi connectivity index (χ3n) is 1.43. The molecule has 0 saturated heterocycles. The first kappa shape index (κ1) is 5.12. The van der Waals surface area contributed by atoms with Gasteiger partial charge >= 0.3 is 0 Å². The van der Waals surface area contributed by atoms with Gasteiger partial charge in [0, 0.05) is 5.56 Å². The first-order valence-electron chi connectivity index (χ1n) is 2.78. The van der Waals surface area contributed by atoms with E-state index in [1.165, 1.54) is 0 Å². The highest BCUT2D eigenvalue weighted by molar-refractivity contribution is 6.33. The fourth-order valence-corrected chi connectivity index (χ4v) is 1.17. The van der Waals surface area contributed by atoms with Crippen LogP contribution in [0.25, 0.3) is 0 Å². The van der Waals surface area contributed by atoms with E-state index in [0.717, 1.165) is 16.3 Å². The zero-order chi connectivity index (χ0) is 6.27. The van der Waals surface area contributed by atoms with Crippen molar-refractivity contribution in [1.29, 1.82) is 0 Å². The van der Waals surface area contributed by atoms with Crippen molar-refractivity contribution in [2.45, 2.75) is 6.61 Å². The number of fused-ring (bicyclic) bond motifs is 2. The van der Waals surface area contributed by atoms with Crippen LogP contribution < -0.4 is 4.74 Å². The number of halogens is 1. The van der Waals surface area contributed by atoms with Crippen molar-refractivity contribution < 1.29 is 4.74 Å². The van der Waals surface area contributed by atoms with Gasteiger partial charge < -0.3 is 4.74 Å². The van der Waals surface area contributed by atoms with Gasteiger partial charge in [0.05, 0.1) is 5.02 Å². The number of hydrogen-bond acceptors (Lipinski definition) is 1. The molecule has 2 bridgehead atoms. The number of hydrogen-bond donors (Lipinski definition) is 0. The van der Waals surface area contributed by atoms with Gasteiger partial charge in [-0.1, -0.05) is 23.7 Å². The van der Waals surface area contributed by atoms with Crippen LogP contribution in [0.4, 0.5) is 0 Å². The Labute approximate surface area is 58.2 Å². The van der Waals surface area contributed by atoms with Crippen LogP contribution in [0.1, 0.15) is 5.56 Å². The fraction of sp³-hybridized carbons (Fsp3) is 0.143. The van der Waals surface area contributed by atoms with Crippen LogP contribution in [-0.4, -0.2) is 0 Å². The quantitative estimate of drug-likeness (QED) is 0.537. The molecule has 1 heterocycles. The summed E-state index contributed by atoms with van der Waals surface area (Å²) < 4.78 is 5.18. The van der Waals surface area contributed by atoms with Crippen LogP contribution in [0, 0.1) is 0 Å². The highest BCUT2D eigenvalue weighted by Gasteiger charge is 2.13. The highest BCUT2D eigenvalue weighted by Crippen LogP contribution is 2.34. The number of ether oxygens (including phenoxy) is 1. The van der Waals surface area contributed by atoms with E-state index in [4.69, 9.17) is 16.3 Å². The van der Waals surface area contributed by atoms with E-state index < -0.39 is 0 Å². The molecule has 1 nitrogen and oxygen atoms in total. The van der Waals surface area contributed by atoms with Gasteiger partial charge in [-0.2, -0.15) is 0 Å². The third-order valence-corrected chi connectivity index (χ3v) is 1.86. The van der Waals surface area contributed by atoms with Gasteiger partial charge in [-0.3, -0.25) is 0 Å². The lowest BCUT2D eigenvalue weighted by Crippen LogP contribution is -1.81. The molecule has 0 fully saturated rings. The smallest absolute Gasteiger partial charge is 0.138 e. The Morgan fingerprint density at radius 1 is 1.44 bits per heavy atom. The van der Waals surface area contributed by atoms with Crippen LogP contribution in [0.5, 0.6) is 5.75 Å². The van der Waals surface area contributed by atoms with Gasteiger partial charge in [-0.05, 0) is 6.07 Å². The van der Waals surface area contributed by atoms with Crippen molar-refractivity contribution in [1.82, 2.24) is 0 Å². The van der Waals surface area contributed by atoms with E-state index in [0.29, 0.717) is 6.61 Å². The molecule has 0 spiro atoms. The lowest BCUT2D eigenvalue weighted by atomic mass is 10.2. The molecule has 0 atom stereocenters. The van der Waals surface area contributed by atoms with E-state index in [1.54, 1.807) is 0 Å². The Morgan fingerprint density at radius 3 is 3.00 bits per heavy atom. The molecule has 1 aromatic rings. The molecule has 0 amide bonds. The summed E-state index contributed by atoms with van der Waals surface area (Å²) in [5, 5.41) is 0.775. The van der Waals surface area contributed by atoms with Gasteiger partial charge in [0.25, 0.3) is 0 Å². The van der Waals surface area contributed by atoms with E-state index >= 15 is 0 Å². The van der Waals surface area contributed by atoms with Crippen molar-refractivity contribution in [2.75, 3.05) is 0 Å². The maximum atomic E-state index is 5.82. The highest BCUT2D eigenvalue weighted by atomic mass is 35.5. The van der Waals surface area contributed by atoms with Gasteiger partial charge in [-0.25, -0.2) is 0 Å². The third kappa shape index (κ3) is 0.615. The summed E-state index contributed by atoms with van der Waals surface area (Å²) in [5.74, 6) is 0.814. The SMILES string of the molecule is Clc1c2cccc1OC2.